The normalized spacial score (nSPS) is 15.2. The number of carbonyl (C=O) groups is 1. The van der Waals surface area contributed by atoms with E-state index in [0.29, 0.717) is 0 Å². The largest absolute Gasteiger partial charge is 0.443 e. The van der Waals surface area contributed by atoms with E-state index in [1.807, 2.05) is 32.9 Å². The third kappa shape index (κ3) is 2.84. The van der Waals surface area contributed by atoms with Crippen molar-refractivity contribution < 1.29 is 9.53 Å². The Balaban J connectivity index is 2.25. The first-order chi connectivity index (χ1) is 8.37. The summed E-state index contributed by atoms with van der Waals surface area (Å²) in [6, 6.07) is 6.22. The number of hydrogen-bond acceptors (Lipinski definition) is 2. The maximum atomic E-state index is 12.2. The van der Waals surface area contributed by atoms with E-state index in [1.54, 1.807) is 4.90 Å². The van der Waals surface area contributed by atoms with Crippen LogP contribution in [0.1, 0.15) is 38.3 Å². The van der Waals surface area contributed by atoms with Crippen molar-refractivity contribution in [2.45, 2.75) is 46.1 Å². The smallest absolute Gasteiger partial charge is 0.414 e. The Hall–Kier alpha value is -1.51. The number of amides is 1. The first-order valence-corrected chi connectivity index (χ1v) is 6.47. The Morgan fingerprint density at radius 3 is 2.72 bits per heavy atom. The molecule has 0 radical (unpaired) electrons. The number of hydrogen-bond donors (Lipinski definition) is 0. The van der Waals surface area contributed by atoms with Crippen LogP contribution in [-0.2, 0) is 11.2 Å². The van der Waals surface area contributed by atoms with E-state index in [2.05, 4.69) is 13.0 Å². The van der Waals surface area contributed by atoms with Crippen LogP contribution in [0.15, 0.2) is 18.2 Å². The Morgan fingerprint density at radius 2 is 2.06 bits per heavy atom. The molecule has 0 N–H and O–H groups in total. The average molecular weight is 247 g/mol. The van der Waals surface area contributed by atoms with Crippen molar-refractivity contribution in [2.24, 2.45) is 0 Å². The summed E-state index contributed by atoms with van der Waals surface area (Å²) in [4.78, 5) is 13.9. The lowest BCUT2D eigenvalue weighted by Crippen LogP contribution is -2.39. The van der Waals surface area contributed by atoms with Gasteiger partial charge in [0.05, 0.1) is 5.69 Å². The number of anilines is 1. The number of benzene rings is 1. The average Bonchev–Trinajstić information content (AvgIpc) is 2.25. The van der Waals surface area contributed by atoms with Gasteiger partial charge in [-0.2, -0.15) is 0 Å². The summed E-state index contributed by atoms with van der Waals surface area (Å²) in [5, 5.41) is 0. The summed E-state index contributed by atoms with van der Waals surface area (Å²) in [6.07, 6.45) is 1.79. The number of carbonyl (C=O) groups excluding carboxylic acids is 1. The van der Waals surface area contributed by atoms with E-state index in [-0.39, 0.29) is 6.09 Å². The lowest BCUT2D eigenvalue weighted by molar-refractivity contribution is 0.0578. The molecule has 0 saturated heterocycles. The summed E-state index contributed by atoms with van der Waals surface area (Å²) >= 11 is 0. The molecule has 0 bridgehead atoms. The molecule has 1 aliphatic heterocycles. The molecule has 1 aromatic carbocycles. The van der Waals surface area contributed by atoms with E-state index in [9.17, 15) is 4.79 Å². The van der Waals surface area contributed by atoms with Crippen LogP contribution in [0.3, 0.4) is 0 Å². The molecule has 0 aliphatic carbocycles. The first-order valence-electron chi connectivity index (χ1n) is 6.47. The maximum absolute atomic E-state index is 12.2. The van der Waals surface area contributed by atoms with Crippen LogP contribution < -0.4 is 4.90 Å². The first kappa shape index (κ1) is 12.9. The molecule has 18 heavy (non-hydrogen) atoms. The minimum absolute atomic E-state index is 0.243. The molecule has 0 aromatic heterocycles. The van der Waals surface area contributed by atoms with Gasteiger partial charge in [-0.3, -0.25) is 4.90 Å². The van der Waals surface area contributed by atoms with Crippen LogP contribution in [0, 0.1) is 6.92 Å². The Morgan fingerprint density at radius 1 is 1.33 bits per heavy atom. The minimum atomic E-state index is -0.445. The number of aryl methyl sites for hydroxylation is 2. The fraction of sp³-hybridized carbons (Fsp3) is 0.533. The van der Waals surface area contributed by atoms with E-state index in [1.165, 1.54) is 11.1 Å². The predicted molar refractivity (Wildman–Crippen MR) is 73.1 cm³/mol. The monoisotopic (exact) mass is 247 g/mol. The maximum Gasteiger partial charge on any atom is 0.414 e. The highest BCUT2D eigenvalue weighted by atomic mass is 16.6. The zero-order valence-electron chi connectivity index (χ0n) is 11.6. The molecule has 0 saturated carbocycles. The highest BCUT2D eigenvalue weighted by Crippen LogP contribution is 2.29. The van der Waals surface area contributed by atoms with Crippen molar-refractivity contribution in [3.05, 3.63) is 29.3 Å². The summed E-state index contributed by atoms with van der Waals surface area (Å²) in [7, 11) is 0. The molecule has 2 rings (SSSR count). The SMILES string of the molecule is Cc1ccc2c(c1)CCCN2C(=O)OC(C)(C)C. The second kappa shape index (κ2) is 4.63. The summed E-state index contributed by atoms with van der Waals surface area (Å²) in [6.45, 7) is 8.50. The topological polar surface area (TPSA) is 29.5 Å². The molecular weight excluding hydrogens is 226 g/mol. The lowest BCUT2D eigenvalue weighted by Gasteiger charge is -2.31. The zero-order chi connectivity index (χ0) is 13.3. The van der Waals surface area contributed by atoms with Crippen LogP contribution in [0.5, 0.6) is 0 Å². The number of nitrogens with zero attached hydrogens (tertiary/aromatic N) is 1. The van der Waals surface area contributed by atoms with Gasteiger partial charge in [-0.25, -0.2) is 4.79 Å². The fourth-order valence-electron chi connectivity index (χ4n) is 2.23. The van der Waals surface area contributed by atoms with Gasteiger partial charge >= 0.3 is 6.09 Å². The molecule has 1 aromatic rings. The second-order valence-corrected chi connectivity index (χ2v) is 5.87. The van der Waals surface area contributed by atoms with Gasteiger partial charge < -0.3 is 4.74 Å². The molecule has 0 fully saturated rings. The number of fused-ring (bicyclic) bond motifs is 1. The Kier molecular flexibility index (Phi) is 3.33. The van der Waals surface area contributed by atoms with Crippen molar-refractivity contribution >= 4 is 11.8 Å². The lowest BCUT2D eigenvalue weighted by atomic mass is 10.00. The van der Waals surface area contributed by atoms with Gasteiger partial charge in [-0.15, -0.1) is 0 Å². The second-order valence-electron chi connectivity index (χ2n) is 5.87. The quantitative estimate of drug-likeness (QED) is 0.700. The van der Waals surface area contributed by atoms with E-state index in [4.69, 9.17) is 4.74 Å². The standard InChI is InChI=1S/C15H21NO2/c1-11-7-8-13-12(10-11)6-5-9-16(13)14(17)18-15(2,3)4/h7-8,10H,5-6,9H2,1-4H3. The van der Waals surface area contributed by atoms with E-state index < -0.39 is 5.60 Å². The van der Waals surface area contributed by atoms with Crippen LogP contribution in [0.4, 0.5) is 10.5 Å². The molecule has 0 unspecified atom stereocenters. The fourth-order valence-corrected chi connectivity index (χ4v) is 2.23. The van der Waals surface area contributed by atoms with Crippen LogP contribution in [0.25, 0.3) is 0 Å². The molecule has 1 amide bonds. The predicted octanol–water partition coefficient (Wildman–Crippen LogP) is 3.68. The Bertz CT molecular complexity index is 460. The molecular formula is C15H21NO2. The third-order valence-electron chi connectivity index (χ3n) is 2.97. The Labute approximate surface area is 109 Å². The van der Waals surface area contributed by atoms with E-state index in [0.717, 1.165) is 25.1 Å². The number of ether oxygens (including phenoxy) is 1. The van der Waals surface area contributed by atoms with Gasteiger partial charge in [0, 0.05) is 6.54 Å². The van der Waals surface area contributed by atoms with E-state index >= 15 is 0 Å². The molecule has 0 atom stereocenters. The molecule has 98 valence electrons. The summed E-state index contributed by atoms with van der Waals surface area (Å²) in [5.74, 6) is 0. The van der Waals surface area contributed by atoms with Crippen molar-refractivity contribution in [1.82, 2.24) is 0 Å². The molecule has 3 heteroatoms. The highest BCUT2D eigenvalue weighted by Gasteiger charge is 2.26. The van der Waals surface area contributed by atoms with Crippen molar-refractivity contribution in [3.63, 3.8) is 0 Å². The van der Waals surface area contributed by atoms with Crippen LogP contribution >= 0.6 is 0 Å². The minimum Gasteiger partial charge on any atom is -0.443 e. The van der Waals surface area contributed by atoms with Gasteiger partial charge in [-0.1, -0.05) is 17.7 Å². The summed E-state index contributed by atoms with van der Waals surface area (Å²) in [5.41, 5.74) is 3.03. The highest BCUT2D eigenvalue weighted by molar-refractivity contribution is 5.89. The third-order valence-corrected chi connectivity index (χ3v) is 2.97. The molecule has 0 spiro atoms. The number of rotatable bonds is 0. The van der Waals surface area contributed by atoms with Gasteiger partial charge in [0.15, 0.2) is 0 Å². The van der Waals surface area contributed by atoms with Crippen LogP contribution in [-0.4, -0.2) is 18.2 Å². The zero-order valence-corrected chi connectivity index (χ0v) is 11.6. The van der Waals surface area contributed by atoms with Crippen molar-refractivity contribution in [1.29, 1.82) is 0 Å². The van der Waals surface area contributed by atoms with Gasteiger partial charge in [0.2, 0.25) is 0 Å². The molecule has 1 heterocycles. The van der Waals surface area contributed by atoms with Crippen molar-refractivity contribution in [2.75, 3.05) is 11.4 Å². The van der Waals surface area contributed by atoms with Gasteiger partial charge in [0.1, 0.15) is 5.60 Å². The van der Waals surface area contributed by atoms with Crippen molar-refractivity contribution in [3.8, 4) is 0 Å². The van der Waals surface area contributed by atoms with Gasteiger partial charge in [-0.05, 0) is 52.2 Å². The van der Waals surface area contributed by atoms with Crippen LogP contribution in [0.2, 0.25) is 0 Å². The molecule has 3 nitrogen and oxygen atoms in total. The van der Waals surface area contributed by atoms with Gasteiger partial charge in [0.25, 0.3) is 0 Å². The molecule has 1 aliphatic rings. The summed E-state index contributed by atoms with van der Waals surface area (Å²) < 4.78 is 5.45.